The van der Waals surface area contributed by atoms with Crippen molar-refractivity contribution in [3.63, 3.8) is 0 Å². The molecule has 0 aromatic heterocycles. The number of rotatable bonds is 5. The fourth-order valence-corrected chi connectivity index (χ4v) is 3.43. The van der Waals surface area contributed by atoms with Crippen LogP contribution in [-0.4, -0.2) is 24.1 Å². The minimum absolute atomic E-state index is 0.209. The van der Waals surface area contributed by atoms with E-state index >= 15 is 0 Å². The van der Waals surface area contributed by atoms with E-state index in [2.05, 4.69) is 21.2 Å². The molecule has 0 atom stereocenters. The van der Waals surface area contributed by atoms with E-state index in [1.807, 2.05) is 24.3 Å². The van der Waals surface area contributed by atoms with Gasteiger partial charge in [0.2, 0.25) is 0 Å². The van der Waals surface area contributed by atoms with Gasteiger partial charge in [-0.1, -0.05) is 36.4 Å². The molecule has 132 valence electrons. The molecule has 1 amide bonds. The molecule has 0 aliphatic heterocycles. The first-order valence-electron chi connectivity index (χ1n) is 7.87. The second-order valence-electron chi connectivity index (χ2n) is 5.68. The van der Waals surface area contributed by atoms with Gasteiger partial charge in [-0.25, -0.2) is 4.79 Å². The van der Waals surface area contributed by atoms with Crippen LogP contribution in [0, 0.1) is 0 Å². The number of aromatic carboxylic acids is 1. The van der Waals surface area contributed by atoms with Gasteiger partial charge in [-0.15, -0.1) is 0 Å². The molecule has 0 spiro atoms. The minimum atomic E-state index is -0.980. The maximum absolute atomic E-state index is 12.7. The standard InChI is InChI=1S/C20H16BrNO4/c1-26-18-16(10-14-4-2-3-5-15(14)17(18)21)19(23)22-11-12-6-8-13(9-7-12)20(24)25/h2-10H,11H2,1H3,(H,22,23)(H,24,25). The van der Waals surface area contributed by atoms with Gasteiger partial charge in [-0.3, -0.25) is 4.79 Å². The zero-order valence-electron chi connectivity index (χ0n) is 14.0. The molecule has 0 unspecified atom stereocenters. The summed E-state index contributed by atoms with van der Waals surface area (Å²) < 4.78 is 6.16. The molecule has 0 aliphatic rings. The third kappa shape index (κ3) is 3.55. The minimum Gasteiger partial charge on any atom is -0.495 e. The number of hydrogen-bond donors (Lipinski definition) is 2. The van der Waals surface area contributed by atoms with Crippen molar-refractivity contribution in [3.05, 3.63) is 75.8 Å². The third-order valence-electron chi connectivity index (χ3n) is 4.04. The van der Waals surface area contributed by atoms with Crippen molar-refractivity contribution < 1.29 is 19.4 Å². The molecule has 26 heavy (non-hydrogen) atoms. The Morgan fingerprint density at radius 3 is 2.46 bits per heavy atom. The molecular formula is C20H16BrNO4. The summed E-state index contributed by atoms with van der Waals surface area (Å²) in [5, 5.41) is 13.7. The number of halogens is 1. The fraction of sp³-hybridized carbons (Fsp3) is 0.100. The van der Waals surface area contributed by atoms with Crippen LogP contribution >= 0.6 is 15.9 Å². The Kier molecular flexibility index (Phi) is 5.23. The summed E-state index contributed by atoms with van der Waals surface area (Å²) in [6.07, 6.45) is 0. The van der Waals surface area contributed by atoms with Gasteiger partial charge in [0.1, 0.15) is 5.75 Å². The van der Waals surface area contributed by atoms with Crippen LogP contribution in [0.5, 0.6) is 5.75 Å². The van der Waals surface area contributed by atoms with Gasteiger partial charge in [-0.05, 0) is 50.5 Å². The number of carboxylic acid groups (broad SMARTS) is 1. The summed E-state index contributed by atoms with van der Waals surface area (Å²) in [6.45, 7) is 0.284. The number of amides is 1. The molecule has 5 nitrogen and oxygen atoms in total. The average Bonchev–Trinajstić information content (AvgIpc) is 2.66. The van der Waals surface area contributed by atoms with Crippen LogP contribution in [0.3, 0.4) is 0 Å². The Hall–Kier alpha value is -2.86. The Balaban J connectivity index is 1.84. The molecule has 6 heteroatoms. The third-order valence-corrected chi connectivity index (χ3v) is 4.83. The number of methoxy groups -OCH3 is 1. The van der Waals surface area contributed by atoms with Crippen molar-refractivity contribution in [2.75, 3.05) is 7.11 Å². The van der Waals surface area contributed by atoms with Crippen LogP contribution < -0.4 is 10.1 Å². The van der Waals surface area contributed by atoms with Gasteiger partial charge in [0.05, 0.1) is 22.7 Å². The lowest BCUT2D eigenvalue weighted by Crippen LogP contribution is -2.23. The van der Waals surface area contributed by atoms with Crippen LogP contribution in [0.25, 0.3) is 10.8 Å². The van der Waals surface area contributed by atoms with Crippen LogP contribution in [0.15, 0.2) is 59.1 Å². The molecule has 3 aromatic carbocycles. The number of hydrogen-bond acceptors (Lipinski definition) is 3. The predicted molar refractivity (Wildman–Crippen MR) is 103 cm³/mol. The van der Waals surface area contributed by atoms with Gasteiger partial charge in [0.25, 0.3) is 5.91 Å². The van der Waals surface area contributed by atoms with Crippen molar-refractivity contribution >= 4 is 38.6 Å². The topological polar surface area (TPSA) is 75.6 Å². The smallest absolute Gasteiger partial charge is 0.335 e. The maximum atomic E-state index is 12.7. The number of ether oxygens (including phenoxy) is 1. The molecule has 0 saturated carbocycles. The van der Waals surface area contributed by atoms with Gasteiger partial charge < -0.3 is 15.2 Å². The normalized spacial score (nSPS) is 10.5. The highest BCUT2D eigenvalue weighted by molar-refractivity contribution is 9.10. The molecule has 0 saturated heterocycles. The van der Waals surface area contributed by atoms with Crippen molar-refractivity contribution in [1.29, 1.82) is 0 Å². The van der Waals surface area contributed by atoms with Gasteiger partial charge in [0, 0.05) is 6.54 Å². The summed E-state index contributed by atoms with van der Waals surface area (Å²) in [5.74, 6) is -0.774. The molecule has 0 fully saturated rings. The van der Waals surface area contributed by atoms with E-state index in [0.717, 1.165) is 20.8 Å². The van der Waals surface area contributed by atoms with Crippen molar-refractivity contribution in [2.45, 2.75) is 6.54 Å². The maximum Gasteiger partial charge on any atom is 0.335 e. The summed E-state index contributed by atoms with van der Waals surface area (Å²) in [4.78, 5) is 23.5. The number of carboxylic acids is 1. The van der Waals surface area contributed by atoms with E-state index in [1.165, 1.54) is 19.2 Å². The molecule has 0 bridgehead atoms. The Labute approximate surface area is 158 Å². The van der Waals surface area contributed by atoms with Crippen molar-refractivity contribution in [2.24, 2.45) is 0 Å². The second kappa shape index (κ2) is 7.58. The zero-order chi connectivity index (χ0) is 18.7. The molecule has 2 N–H and O–H groups in total. The van der Waals surface area contributed by atoms with Gasteiger partial charge >= 0.3 is 5.97 Å². The van der Waals surface area contributed by atoms with E-state index < -0.39 is 5.97 Å². The molecule has 0 aliphatic carbocycles. The molecule has 3 aromatic rings. The van der Waals surface area contributed by atoms with Crippen LogP contribution in [-0.2, 0) is 6.54 Å². The Bertz CT molecular complexity index is 983. The van der Waals surface area contributed by atoms with Crippen molar-refractivity contribution in [1.82, 2.24) is 5.32 Å². The quantitative estimate of drug-likeness (QED) is 0.655. The number of nitrogens with one attached hydrogen (secondary N) is 1. The lowest BCUT2D eigenvalue weighted by atomic mass is 10.0. The van der Waals surface area contributed by atoms with Gasteiger partial charge in [0.15, 0.2) is 0 Å². The predicted octanol–water partition coefficient (Wildman–Crippen LogP) is 4.24. The van der Waals surface area contributed by atoms with E-state index in [9.17, 15) is 9.59 Å². The van der Waals surface area contributed by atoms with E-state index in [4.69, 9.17) is 9.84 Å². The Morgan fingerprint density at radius 1 is 1.12 bits per heavy atom. The lowest BCUT2D eigenvalue weighted by Gasteiger charge is -2.13. The molecule has 0 radical (unpaired) electrons. The first kappa shape index (κ1) is 17.9. The average molecular weight is 414 g/mol. The second-order valence-corrected chi connectivity index (χ2v) is 6.47. The largest absolute Gasteiger partial charge is 0.495 e. The van der Waals surface area contributed by atoms with E-state index in [-0.39, 0.29) is 18.0 Å². The molecular weight excluding hydrogens is 398 g/mol. The summed E-state index contributed by atoms with van der Waals surface area (Å²) in [6, 6.07) is 15.9. The summed E-state index contributed by atoms with van der Waals surface area (Å²) >= 11 is 3.52. The van der Waals surface area contributed by atoms with Crippen LogP contribution in [0.2, 0.25) is 0 Å². The number of carbonyl (C=O) groups excluding carboxylic acids is 1. The number of benzene rings is 3. The zero-order valence-corrected chi connectivity index (χ0v) is 15.5. The lowest BCUT2D eigenvalue weighted by molar-refractivity contribution is 0.0696. The monoisotopic (exact) mass is 413 g/mol. The summed E-state index contributed by atoms with van der Waals surface area (Å²) in [7, 11) is 1.52. The van der Waals surface area contributed by atoms with E-state index in [1.54, 1.807) is 18.2 Å². The molecule has 3 rings (SSSR count). The number of fused-ring (bicyclic) bond motifs is 1. The Morgan fingerprint density at radius 2 is 1.81 bits per heavy atom. The van der Waals surface area contributed by atoms with E-state index in [0.29, 0.717) is 11.3 Å². The van der Waals surface area contributed by atoms with Crippen LogP contribution in [0.1, 0.15) is 26.3 Å². The first-order chi connectivity index (χ1) is 12.5. The molecule has 0 heterocycles. The number of carbonyl (C=O) groups is 2. The van der Waals surface area contributed by atoms with Gasteiger partial charge in [-0.2, -0.15) is 0 Å². The van der Waals surface area contributed by atoms with Crippen molar-refractivity contribution in [3.8, 4) is 5.75 Å². The fourth-order valence-electron chi connectivity index (χ4n) is 2.70. The summed E-state index contributed by atoms with van der Waals surface area (Å²) in [5.41, 5.74) is 1.45. The highest BCUT2D eigenvalue weighted by atomic mass is 79.9. The highest BCUT2D eigenvalue weighted by Crippen LogP contribution is 2.36. The SMILES string of the molecule is COc1c(C(=O)NCc2ccc(C(=O)O)cc2)cc2ccccc2c1Br. The highest BCUT2D eigenvalue weighted by Gasteiger charge is 2.18. The first-order valence-corrected chi connectivity index (χ1v) is 8.66. The van der Waals surface area contributed by atoms with Crippen LogP contribution in [0.4, 0.5) is 0 Å².